The normalized spacial score (nSPS) is 11.8. The van der Waals surface area contributed by atoms with Crippen LogP contribution in [-0.4, -0.2) is 5.78 Å². The van der Waals surface area contributed by atoms with Gasteiger partial charge in [0.1, 0.15) is 0 Å². The minimum atomic E-state index is 0.0969. The van der Waals surface area contributed by atoms with Gasteiger partial charge in [-0.1, -0.05) is 50.8 Å². The fraction of sp³-hybridized carbons (Fsp3) is 0.727. The summed E-state index contributed by atoms with van der Waals surface area (Å²) in [5, 5.41) is 0.432. The molecule has 0 N–H and O–H groups in total. The Morgan fingerprint density at radius 3 is 2.38 bits per heavy atom. The lowest BCUT2D eigenvalue weighted by Gasteiger charge is -1.97. The Morgan fingerprint density at radius 1 is 1.23 bits per heavy atom. The molecular formula is C11H19ClO. The molecule has 0 aromatic heterocycles. The van der Waals surface area contributed by atoms with E-state index in [0.29, 0.717) is 11.5 Å². The molecule has 0 aliphatic rings. The quantitative estimate of drug-likeness (QED) is 0.450. The molecule has 0 bridgehead atoms. The van der Waals surface area contributed by atoms with Crippen molar-refractivity contribution in [3.05, 3.63) is 11.1 Å². The lowest BCUT2D eigenvalue weighted by Crippen LogP contribution is -1.96. The lowest BCUT2D eigenvalue weighted by atomic mass is 10.1. The molecule has 0 heterocycles. The number of hydrogen-bond donors (Lipinski definition) is 0. The molecule has 0 radical (unpaired) electrons. The predicted octanol–water partition coefficient (Wildman–Crippen LogP) is 4.06. The predicted molar refractivity (Wildman–Crippen MR) is 58.0 cm³/mol. The number of hydrogen-bond acceptors (Lipinski definition) is 1. The van der Waals surface area contributed by atoms with Crippen LogP contribution in [-0.2, 0) is 4.79 Å². The second-order valence-corrected chi connectivity index (χ2v) is 3.63. The number of carbonyl (C=O) groups is 1. The molecule has 0 unspecified atom stereocenters. The summed E-state index contributed by atoms with van der Waals surface area (Å²) in [5.41, 5.74) is 0. The second-order valence-electron chi connectivity index (χ2n) is 3.22. The van der Waals surface area contributed by atoms with E-state index in [1.54, 1.807) is 0 Å². The molecule has 0 amide bonds. The van der Waals surface area contributed by atoms with Crippen molar-refractivity contribution in [2.75, 3.05) is 0 Å². The Labute approximate surface area is 86.2 Å². The molecule has 13 heavy (non-hydrogen) atoms. The highest BCUT2D eigenvalue weighted by atomic mass is 35.5. The largest absolute Gasteiger partial charge is 0.293 e. The fourth-order valence-electron chi connectivity index (χ4n) is 1.00. The monoisotopic (exact) mass is 202 g/mol. The summed E-state index contributed by atoms with van der Waals surface area (Å²) in [4.78, 5) is 11.3. The van der Waals surface area contributed by atoms with E-state index in [0.717, 1.165) is 32.1 Å². The van der Waals surface area contributed by atoms with Gasteiger partial charge < -0.3 is 0 Å². The molecule has 0 fully saturated rings. The van der Waals surface area contributed by atoms with Gasteiger partial charge in [-0.3, -0.25) is 4.79 Å². The maximum absolute atomic E-state index is 11.3. The summed E-state index contributed by atoms with van der Waals surface area (Å²) in [6.45, 7) is 4.20. The lowest BCUT2D eigenvalue weighted by molar-refractivity contribution is -0.115. The topological polar surface area (TPSA) is 17.1 Å². The summed E-state index contributed by atoms with van der Waals surface area (Å²) in [6.07, 6.45) is 7.61. The highest BCUT2D eigenvalue weighted by Crippen LogP contribution is 2.11. The number of ketones is 1. The number of halogens is 1. The first-order valence-corrected chi connectivity index (χ1v) is 5.49. The van der Waals surface area contributed by atoms with Crippen LogP contribution >= 0.6 is 11.6 Å². The van der Waals surface area contributed by atoms with Gasteiger partial charge in [0.05, 0.1) is 5.03 Å². The van der Waals surface area contributed by atoms with Gasteiger partial charge in [0, 0.05) is 6.42 Å². The summed E-state index contributed by atoms with van der Waals surface area (Å²) < 4.78 is 0. The van der Waals surface area contributed by atoms with E-state index in [2.05, 4.69) is 13.8 Å². The molecule has 1 nitrogen and oxygen atoms in total. The summed E-state index contributed by atoms with van der Waals surface area (Å²) in [6, 6.07) is 0. The Hall–Kier alpha value is -0.300. The van der Waals surface area contributed by atoms with Crippen molar-refractivity contribution in [2.45, 2.75) is 52.4 Å². The molecule has 76 valence electrons. The first-order valence-electron chi connectivity index (χ1n) is 5.11. The third kappa shape index (κ3) is 6.83. The maximum atomic E-state index is 11.3. The molecule has 0 atom stereocenters. The van der Waals surface area contributed by atoms with Crippen LogP contribution in [0.25, 0.3) is 0 Å². The van der Waals surface area contributed by atoms with Crippen LogP contribution < -0.4 is 0 Å². The molecule has 0 aliphatic heterocycles. The first kappa shape index (κ1) is 12.7. The minimum Gasteiger partial charge on any atom is -0.293 e. The first-order chi connectivity index (χ1) is 6.22. The smallest absolute Gasteiger partial charge is 0.173 e. The van der Waals surface area contributed by atoms with Gasteiger partial charge in [0.25, 0.3) is 0 Å². The molecule has 0 saturated carbocycles. The summed E-state index contributed by atoms with van der Waals surface area (Å²) >= 11 is 5.81. The zero-order valence-electron chi connectivity index (χ0n) is 8.61. The van der Waals surface area contributed by atoms with Gasteiger partial charge in [-0.25, -0.2) is 0 Å². The Kier molecular flexibility index (Phi) is 8.11. The van der Waals surface area contributed by atoms with Crippen LogP contribution in [0.4, 0.5) is 0 Å². The average Bonchev–Trinajstić information content (AvgIpc) is 2.14. The molecule has 0 spiro atoms. The third-order valence-electron chi connectivity index (χ3n) is 1.90. The van der Waals surface area contributed by atoms with Crippen LogP contribution in [0.5, 0.6) is 0 Å². The van der Waals surface area contributed by atoms with Gasteiger partial charge in [-0.05, 0) is 12.8 Å². The van der Waals surface area contributed by atoms with Crippen LogP contribution in [0.2, 0.25) is 0 Å². The standard InChI is InChI=1S/C11H19ClO/c1-3-5-7-8-10(12)11(13)9-6-4-2/h8H,3-7,9H2,1-2H3/b10-8-. The van der Waals surface area contributed by atoms with Gasteiger partial charge in [-0.15, -0.1) is 0 Å². The molecule has 0 aromatic rings. The summed E-state index contributed by atoms with van der Waals surface area (Å²) in [5.74, 6) is 0.0969. The van der Waals surface area contributed by atoms with E-state index in [4.69, 9.17) is 11.6 Å². The van der Waals surface area contributed by atoms with Crippen molar-refractivity contribution in [3.63, 3.8) is 0 Å². The molecular weight excluding hydrogens is 184 g/mol. The van der Waals surface area contributed by atoms with E-state index >= 15 is 0 Å². The number of unbranched alkanes of at least 4 members (excludes halogenated alkanes) is 3. The van der Waals surface area contributed by atoms with Crippen molar-refractivity contribution in [1.82, 2.24) is 0 Å². The Morgan fingerprint density at radius 2 is 1.85 bits per heavy atom. The molecule has 0 saturated heterocycles. The van der Waals surface area contributed by atoms with E-state index in [9.17, 15) is 4.79 Å². The van der Waals surface area contributed by atoms with Crippen LogP contribution in [0.15, 0.2) is 11.1 Å². The number of rotatable bonds is 7. The summed E-state index contributed by atoms with van der Waals surface area (Å²) in [7, 11) is 0. The van der Waals surface area contributed by atoms with Crippen molar-refractivity contribution < 1.29 is 4.79 Å². The van der Waals surface area contributed by atoms with Gasteiger partial charge in [-0.2, -0.15) is 0 Å². The van der Waals surface area contributed by atoms with Crippen molar-refractivity contribution in [2.24, 2.45) is 0 Å². The van der Waals surface area contributed by atoms with Crippen LogP contribution in [0, 0.1) is 0 Å². The van der Waals surface area contributed by atoms with E-state index < -0.39 is 0 Å². The molecule has 2 heteroatoms. The second kappa shape index (κ2) is 8.31. The van der Waals surface area contributed by atoms with Gasteiger partial charge in [0.15, 0.2) is 5.78 Å². The van der Waals surface area contributed by atoms with Crippen molar-refractivity contribution in [3.8, 4) is 0 Å². The van der Waals surface area contributed by atoms with Crippen molar-refractivity contribution in [1.29, 1.82) is 0 Å². The van der Waals surface area contributed by atoms with Crippen LogP contribution in [0.3, 0.4) is 0 Å². The van der Waals surface area contributed by atoms with Gasteiger partial charge >= 0.3 is 0 Å². The Bertz CT molecular complexity index is 173. The molecule has 0 rings (SSSR count). The maximum Gasteiger partial charge on any atom is 0.173 e. The van der Waals surface area contributed by atoms with E-state index in [-0.39, 0.29) is 5.78 Å². The number of Topliss-reactive ketones (excluding diaryl/α,β-unsaturated/α-hetero) is 1. The third-order valence-corrected chi connectivity index (χ3v) is 2.27. The zero-order valence-corrected chi connectivity index (χ0v) is 9.36. The minimum absolute atomic E-state index is 0.0969. The zero-order chi connectivity index (χ0) is 10.1. The average molecular weight is 203 g/mol. The molecule has 0 aliphatic carbocycles. The molecule has 0 aromatic carbocycles. The SMILES string of the molecule is CCCC/C=C(\Cl)C(=O)CCCC. The number of allylic oxidation sites excluding steroid dienone is 2. The van der Waals surface area contributed by atoms with Crippen molar-refractivity contribution >= 4 is 17.4 Å². The number of carbonyl (C=O) groups excluding carboxylic acids is 1. The fourth-order valence-corrected chi connectivity index (χ4v) is 1.21. The van der Waals surface area contributed by atoms with Crippen LogP contribution in [0.1, 0.15) is 52.4 Å². The highest BCUT2D eigenvalue weighted by Gasteiger charge is 2.04. The Balaban J connectivity index is 3.72. The van der Waals surface area contributed by atoms with E-state index in [1.807, 2.05) is 6.08 Å². The van der Waals surface area contributed by atoms with E-state index in [1.165, 1.54) is 0 Å². The van der Waals surface area contributed by atoms with Gasteiger partial charge in [0.2, 0.25) is 0 Å². The highest BCUT2D eigenvalue weighted by molar-refractivity contribution is 6.42.